The summed E-state index contributed by atoms with van der Waals surface area (Å²) in [5.74, 6) is 1.30. The first kappa shape index (κ1) is 16.5. The summed E-state index contributed by atoms with van der Waals surface area (Å²) < 4.78 is 2.10. The molecule has 25 heavy (non-hydrogen) atoms. The van der Waals surface area contributed by atoms with Gasteiger partial charge in [-0.15, -0.1) is 5.10 Å². The topological polar surface area (TPSA) is 68.3 Å². The van der Waals surface area contributed by atoms with E-state index in [-0.39, 0.29) is 6.04 Å². The van der Waals surface area contributed by atoms with Gasteiger partial charge in [-0.1, -0.05) is 12.8 Å². The van der Waals surface area contributed by atoms with E-state index < -0.39 is 0 Å². The van der Waals surface area contributed by atoms with Gasteiger partial charge in [0.25, 0.3) is 0 Å². The molecular formula is C19H28N5O+. The standard InChI is InChI=1S/C19H27N5O/c25-17-11-9-15(10-12-17)18(23-13-5-1-2-6-14-23)19-20-21-22-24(19)16-7-3-4-8-16/h9-12,16,18,25H,1-8,13-14H2/p+1/t18-/m0/s1. The van der Waals surface area contributed by atoms with Crippen LogP contribution in [0.1, 0.15) is 74.8 Å². The van der Waals surface area contributed by atoms with E-state index in [2.05, 4.69) is 20.2 Å². The molecule has 4 rings (SSSR count). The lowest BCUT2D eigenvalue weighted by atomic mass is 10.0. The molecule has 0 bridgehead atoms. The van der Waals surface area contributed by atoms with Crippen molar-refractivity contribution >= 4 is 0 Å². The SMILES string of the molecule is Oc1ccc([C@@H](c2nnnn2C2CCCC2)[NH+]2CCCCCC2)cc1. The third kappa shape index (κ3) is 3.54. The van der Waals surface area contributed by atoms with Crippen molar-refractivity contribution in [2.75, 3.05) is 13.1 Å². The average Bonchev–Trinajstić information content (AvgIpc) is 3.24. The molecule has 1 aliphatic carbocycles. The Labute approximate surface area is 148 Å². The van der Waals surface area contributed by atoms with Gasteiger partial charge in [-0.05, 0) is 73.2 Å². The fraction of sp³-hybridized carbons (Fsp3) is 0.632. The van der Waals surface area contributed by atoms with Crippen LogP contribution in [0.3, 0.4) is 0 Å². The van der Waals surface area contributed by atoms with E-state index in [1.807, 2.05) is 12.1 Å². The Kier molecular flexibility index (Phi) is 4.97. The first-order valence-electron chi connectivity index (χ1n) is 9.74. The van der Waals surface area contributed by atoms with E-state index in [4.69, 9.17) is 0 Å². The fourth-order valence-corrected chi connectivity index (χ4v) is 4.50. The summed E-state index contributed by atoms with van der Waals surface area (Å²) in [5, 5.41) is 22.6. The molecular weight excluding hydrogens is 314 g/mol. The van der Waals surface area contributed by atoms with Crippen LogP contribution in [0, 0.1) is 0 Å². The van der Waals surface area contributed by atoms with E-state index in [0.29, 0.717) is 11.8 Å². The summed E-state index contributed by atoms with van der Waals surface area (Å²) in [7, 11) is 0. The van der Waals surface area contributed by atoms with Crippen molar-refractivity contribution in [1.29, 1.82) is 0 Å². The number of phenols is 1. The van der Waals surface area contributed by atoms with Gasteiger partial charge in [-0.3, -0.25) is 0 Å². The van der Waals surface area contributed by atoms with Crippen molar-refractivity contribution in [3.63, 3.8) is 0 Å². The van der Waals surface area contributed by atoms with Crippen LogP contribution in [-0.2, 0) is 0 Å². The number of hydrogen-bond acceptors (Lipinski definition) is 4. The van der Waals surface area contributed by atoms with Crippen LogP contribution in [0.25, 0.3) is 0 Å². The second kappa shape index (κ2) is 7.52. The van der Waals surface area contributed by atoms with Crippen LogP contribution >= 0.6 is 0 Å². The zero-order chi connectivity index (χ0) is 17.1. The maximum atomic E-state index is 9.70. The molecule has 2 fully saturated rings. The molecule has 134 valence electrons. The molecule has 1 saturated carbocycles. The molecule has 2 heterocycles. The van der Waals surface area contributed by atoms with E-state index in [1.54, 1.807) is 17.0 Å². The Bertz CT molecular complexity index is 669. The second-order valence-electron chi connectivity index (χ2n) is 7.52. The molecule has 2 aromatic rings. The molecule has 0 amide bonds. The summed E-state index contributed by atoms with van der Waals surface area (Å²) >= 11 is 0. The first-order chi connectivity index (χ1) is 12.3. The Hall–Kier alpha value is -1.95. The summed E-state index contributed by atoms with van der Waals surface area (Å²) in [6.45, 7) is 2.31. The number of tetrazole rings is 1. The van der Waals surface area contributed by atoms with Gasteiger partial charge in [0.05, 0.1) is 19.1 Å². The number of nitrogens with one attached hydrogen (secondary N) is 1. The highest BCUT2D eigenvalue weighted by atomic mass is 16.3. The molecule has 0 radical (unpaired) electrons. The maximum absolute atomic E-state index is 9.70. The van der Waals surface area contributed by atoms with Gasteiger partial charge in [0.2, 0.25) is 5.82 Å². The molecule has 6 nitrogen and oxygen atoms in total. The van der Waals surface area contributed by atoms with Gasteiger partial charge in [0, 0.05) is 5.56 Å². The van der Waals surface area contributed by atoms with Crippen molar-refractivity contribution < 1.29 is 10.0 Å². The number of rotatable bonds is 4. The Morgan fingerprint density at radius 1 is 0.960 bits per heavy atom. The summed E-state index contributed by atoms with van der Waals surface area (Å²) in [4.78, 5) is 1.55. The predicted octanol–water partition coefficient (Wildman–Crippen LogP) is 2.04. The lowest BCUT2D eigenvalue weighted by molar-refractivity contribution is -0.925. The molecule has 0 unspecified atom stereocenters. The summed E-state index contributed by atoms with van der Waals surface area (Å²) in [5.41, 5.74) is 1.20. The third-order valence-corrected chi connectivity index (χ3v) is 5.83. The Morgan fingerprint density at radius 3 is 2.32 bits per heavy atom. The van der Waals surface area contributed by atoms with Gasteiger partial charge in [0.15, 0.2) is 6.04 Å². The highest BCUT2D eigenvalue weighted by Gasteiger charge is 2.34. The predicted molar refractivity (Wildman–Crippen MR) is 94.4 cm³/mol. The Morgan fingerprint density at radius 2 is 1.64 bits per heavy atom. The van der Waals surface area contributed by atoms with Crippen molar-refractivity contribution in [3.05, 3.63) is 35.7 Å². The molecule has 1 aromatic heterocycles. The zero-order valence-corrected chi connectivity index (χ0v) is 14.8. The maximum Gasteiger partial charge on any atom is 0.214 e. The summed E-state index contributed by atoms with van der Waals surface area (Å²) in [6, 6.07) is 8.22. The van der Waals surface area contributed by atoms with Gasteiger partial charge in [0.1, 0.15) is 5.75 Å². The molecule has 6 heteroatoms. The lowest BCUT2D eigenvalue weighted by Crippen LogP contribution is -3.12. The minimum Gasteiger partial charge on any atom is -0.508 e. The van der Waals surface area contributed by atoms with Crippen molar-refractivity contribution in [1.82, 2.24) is 20.2 Å². The van der Waals surface area contributed by atoms with Crippen molar-refractivity contribution in [2.24, 2.45) is 0 Å². The van der Waals surface area contributed by atoms with Crippen molar-refractivity contribution in [3.8, 4) is 5.75 Å². The number of nitrogens with zero attached hydrogens (tertiary/aromatic N) is 4. The number of aromatic hydroxyl groups is 1. The highest BCUT2D eigenvalue weighted by molar-refractivity contribution is 5.29. The van der Waals surface area contributed by atoms with Gasteiger partial charge in [-0.2, -0.15) is 0 Å². The van der Waals surface area contributed by atoms with E-state index in [1.165, 1.54) is 56.9 Å². The van der Waals surface area contributed by atoms with Crippen LogP contribution in [0.5, 0.6) is 5.75 Å². The van der Waals surface area contributed by atoms with Crippen LogP contribution in [-0.4, -0.2) is 38.4 Å². The molecule has 2 N–H and O–H groups in total. The minimum absolute atomic E-state index is 0.147. The highest BCUT2D eigenvalue weighted by Crippen LogP contribution is 2.31. The average molecular weight is 342 g/mol. The summed E-state index contributed by atoms with van der Waals surface area (Å²) in [6.07, 6.45) is 10.0. The number of likely N-dealkylation sites (tertiary alicyclic amines) is 1. The number of benzene rings is 1. The van der Waals surface area contributed by atoms with Crippen LogP contribution < -0.4 is 4.90 Å². The van der Waals surface area contributed by atoms with E-state index >= 15 is 0 Å². The molecule has 1 aliphatic heterocycles. The molecule has 1 atom stereocenters. The molecule has 0 spiro atoms. The third-order valence-electron chi connectivity index (χ3n) is 5.83. The number of aromatic nitrogens is 4. The first-order valence-corrected chi connectivity index (χ1v) is 9.74. The van der Waals surface area contributed by atoms with Gasteiger partial charge in [-0.25, -0.2) is 4.68 Å². The monoisotopic (exact) mass is 342 g/mol. The van der Waals surface area contributed by atoms with Crippen LogP contribution in [0.15, 0.2) is 24.3 Å². The molecule has 1 aromatic carbocycles. The number of phenolic OH excluding ortho intramolecular Hbond substituents is 1. The number of quaternary nitrogens is 1. The normalized spacial score (nSPS) is 21.3. The minimum atomic E-state index is 0.147. The van der Waals surface area contributed by atoms with E-state index in [9.17, 15) is 5.11 Å². The van der Waals surface area contributed by atoms with E-state index in [0.717, 1.165) is 18.9 Å². The fourth-order valence-electron chi connectivity index (χ4n) is 4.50. The van der Waals surface area contributed by atoms with Gasteiger partial charge >= 0.3 is 0 Å². The van der Waals surface area contributed by atoms with Gasteiger partial charge < -0.3 is 10.0 Å². The number of hydrogen-bond donors (Lipinski definition) is 2. The quantitative estimate of drug-likeness (QED) is 0.892. The molecule has 2 aliphatic rings. The molecule has 1 saturated heterocycles. The smallest absolute Gasteiger partial charge is 0.214 e. The zero-order valence-electron chi connectivity index (χ0n) is 14.8. The lowest BCUT2D eigenvalue weighted by Gasteiger charge is -2.28. The van der Waals surface area contributed by atoms with Crippen LogP contribution in [0.2, 0.25) is 0 Å². The second-order valence-corrected chi connectivity index (χ2v) is 7.52. The van der Waals surface area contributed by atoms with Crippen molar-refractivity contribution in [2.45, 2.75) is 63.5 Å². The largest absolute Gasteiger partial charge is 0.508 e. The van der Waals surface area contributed by atoms with Crippen LogP contribution in [0.4, 0.5) is 0 Å². The Balaban J connectivity index is 1.72.